The first-order valence-electron chi connectivity index (χ1n) is 5.15. The summed E-state index contributed by atoms with van der Waals surface area (Å²) in [5.41, 5.74) is 1.53. The normalized spacial score (nSPS) is 18.7. The van der Waals surface area contributed by atoms with E-state index in [4.69, 9.17) is 10.00 Å². The van der Waals surface area contributed by atoms with Gasteiger partial charge in [-0.1, -0.05) is 19.9 Å². The van der Waals surface area contributed by atoms with Gasteiger partial charge < -0.3 is 10.1 Å². The third-order valence-electron chi connectivity index (χ3n) is 2.69. The van der Waals surface area contributed by atoms with Crippen LogP contribution in [0.4, 0.5) is 5.69 Å². The third-order valence-corrected chi connectivity index (χ3v) is 2.69. The molecule has 1 aromatic rings. The Labute approximate surface area is 89.7 Å². The molecule has 0 spiro atoms. The fourth-order valence-corrected chi connectivity index (χ4v) is 1.67. The van der Waals surface area contributed by atoms with Crippen molar-refractivity contribution in [3.05, 3.63) is 23.8 Å². The van der Waals surface area contributed by atoms with Gasteiger partial charge in [0.1, 0.15) is 12.7 Å². The largest absolute Gasteiger partial charge is 0.488 e. The first-order valence-corrected chi connectivity index (χ1v) is 5.15. The Balaban J connectivity index is 2.32. The molecule has 2 rings (SSSR count). The Morgan fingerprint density at radius 3 is 3.00 bits per heavy atom. The molecule has 3 nitrogen and oxygen atoms in total. The summed E-state index contributed by atoms with van der Waals surface area (Å²) in [7, 11) is 0. The number of hydrogen-bond donors (Lipinski definition) is 1. The van der Waals surface area contributed by atoms with Crippen molar-refractivity contribution < 1.29 is 4.74 Å². The number of nitriles is 1. The number of para-hydroxylation sites is 1. The number of nitrogens with zero attached hydrogens (tertiary/aromatic N) is 1. The Bertz CT molecular complexity index is 407. The number of benzene rings is 1. The van der Waals surface area contributed by atoms with Crippen molar-refractivity contribution in [2.24, 2.45) is 5.92 Å². The zero-order valence-electron chi connectivity index (χ0n) is 8.95. The van der Waals surface area contributed by atoms with Crippen molar-refractivity contribution in [3.63, 3.8) is 0 Å². The number of fused-ring (bicyclic) bond motifs is 1. The molecule has 0 saturated carbocycles. The fraction of sp³-hybridized carbons (Fsp3) is 0.417. The predicted molar refractivity (Wildman–Crippen MR) is 58.9 cm³/mol. The molecule has 1 aliphatic rings. The number of ether oxygens (including phenoxy) is 1. The molecule has 0 bridgehead atoms. The number of nitrogens with one attached hydrogen (secondary N) is 1. The second-order valence-electron chi connectivity index (χ2n) is 4.10. The van der Waals surface area contributed by atoms with Crippen LogP contribution < -0.4 is 10.1 Å². The lowest BCUT2D eigenvalue weighted by Crippen LogP contribution is -2.35. The van der Waals surface area contributed by atoms with Crippen molar-refractivity contribution >= 4 is 5.69 Å². The van der Waals surface area contributed by atoms with Crippen LogP contribution >= 0.6 is 0 Å². The summed E-state index contributed by atoms with van der Waals surface area (Å²) in [6.07, 6.45) is 0. The molecule has 15 heavy (non-hydrogen) atoms. The van der Waals surface area contributed by atoms with Gasteiger partial charge in [0.05, 0.1) is 17.3 Å². The molecule has 1 N–H and O–H groups in total. The van der Waals surface area contributed by atoms with Crippen LogP contribution in [0.15, 0.2) is 18.2 Å². The molecule has 1 aliphatic heterocycles. The minimum Gasteiger partial charge on any atom is -0.488 e. The molecule has 0 amide bonds. The highest BCUT2D eigenvalue weighted by molar-refractivity contribution is 5.65. The minimum absolute atomic E-state index is 0.325. The highest BCUT2D eigenvalue weighted by atomic mass is 16.5. The topological polar surface area (TPSA) is 45.0 Å². The average Bonchev–Trinajstić information content (AvgIpc) is 2.27. The molecule has 3 heteroatoms. The van der Waals surface area contributed by atoms with Gasteiger partial charge in [-0.15, -0.1) is 0 Å². The van der Waals surface area contributed by atoms with Gasteiger partial charge in [-0.05, 0) is 18.1 Å². The third kappa shape index (κ3) is 1.75. The van der Waals surface area contributed by atoms with E-state index in [1.54, 1.807) is 6.07 Å². The van der Waals surface area contributed by atoms with E-state index in [9.17, 15) is 0 Å². The molecule has 1 unspecified atom stereocenters. The molecule has 1 atom stereocenters. The van der Waals surface area contributed by atoms with E-state index in [1.165, 1.54) is 0 Å². The zero-order chi connectivity index (χ0) is 10.8. The van der Waals surface area contributed by atoms with Gasteiger partial charge in [0.25, 0.3) is 0 Å². The highest BCUT2D eigenvalue weighted by Crippen LogP contribution is 2.33. The van der Waals surface area contributed by atoms with Crippen molar-refractivity contribution in [3.8, 4) is 11.8 Å². The second-order valence-corrected chi connectivity index (χ2v) is 4.10. The Morgan fingerprint density at radius 1 is 1.53 bits per heavy atom. The predicted octanol–water partition coefficient (Wildman–Crippen LogP) is 2.39. The summed E-state index contributed by atoms with van der Waals surface area (Å²) in [6, 6.07) is 8.05. The monoisotopic (exact) mass is 202 g/mol. The van der Waals surface area contributed by atoms with E-state index >= 15 is 0 Å². The maximum absolute atomic E-state index is 8.91. The molecule has 1 aromatic carbocycles. The van der Waals surface area contributed by atoms with Crippen LogP contribution in [0.5, 0.6) is 5.75 Å². The van der Waals surface area contributed by atoms with Gasteiger partial charge in [-0.3, -0.25) is 0 Å². The Morgan fingerprint density at radius 2 is 2.33 bits per heavy atom. The zero-order valence-corrected chi connectivity index (χ0v) is 8.95. The molecule has 1 heterocycles. The first-order chi connectivity index (χ1) is 7.22. The quantitative estimate of drug-likeness (QED) is 0.760. The molecule has 0 radical (unpaired) electrons. The Hall–Kier alpha value is -1.69. The molecule has 0 fully saturated rings. The van der Waals surface area contributed by atoms with Crippen LogP contribution in [-0.4, -0.2) is 12.6 Å². The van der Waals surface area contributed by atoms with E-state index in [0.29, 0.717) is 29.9 Å². The summed E-state index contributed by atoms with van der Waals surface area (Å²) < 4.78 is 5.63. The lowest BCUT2D eigenvalue weighted by molar-refractivity contribution is 0.256. The fourth-order valence-electron chi connectivity index (χ4n) is 1.67. The van der Waals surface area contributed by atoms with Crippen molar-refractivity contribution in [2.45, 2.75) is 19.9 Å². The van der Waals surface area contributed by atoms with Crippen molar-refractivity contribution in [2.75, 3.05) is 11.9 Å². The molecule has 78 valence electrons. The number of anilines is 1. The van der Waals surface area contributed by atoms with Gasteiger partial charge in [0.2, 0.25) is 0 Å². The van der Waals surface area contributed by atoms with E-state index < -0.39 is 0 Å². The number of rotatable bonds is 1. The van der Waals surface area contributed by atoms with Crippen LogP contribution in [-0.2, 0) is 0 Å². The highest BCUT2D eigenvalue weighted by Gasteiger charge is 2.23. The summed E-state index contributed by atoms with van der Waals surface area (Å²) in [5, 5.41) is 12.3. The van der Waals surface area contributed by atoms with Gasteiger partial charge >= 0.3 is 0 Å². The molecular formula is C12H14N2O. The van der Waals surface area contributed by atoms with Gasteiger partial charge in [-0.2, -0.15) is 5.26 Å². The van der Waals surface area contributed by atoms with Crippen molar-refractivity contribution in [1.29, 1.82) is 5.26 Å². The van der Waals surface area contributed by atoms with Crippen LogP contribution in [0.2, 0.25) is 0 Å². The maximum atomic E-state index is 8.91. The lowest BCUT2D eigenvalue weighted by atomic mass is 10.0. The van der Waals surface area contributed by atoms with E-state index in [2.05, 4.69) is 25.2 Å². The molecule has 0 aliphatic carbocycles. The maximum Gasteiger partial charge on any atom is 0.160 e. The molecule has 0 aromatic heterocycles. The second kappa shape index (κ2) is 3.82. The standard InChI is InChI=1S/C12H14N2O/c1-8(2)11-7-15-12-9(6-13)4-3-5-10(12)14-11/h3-5,8,11,14H,7H2,1-2H3. The molecule has 0 saturated heterocycles. The Kier molecular flexibility index (Phi) is 2.51. The average molecular weight is 202 g/mol. The van der Waals surface area contributed by atoms with Gasteiger partial charge in [-0.25, -0.2) is 0 Å². The van der Waals surface area contributed by atoms with Gasteiger partial charge in [0, 0.05) is 0 Å². The lowest BCUT2D eigenvalue weighted by Gasteiger charge is -2.30. The molecular weight excluding hydrogens is 188 g/mol. The van der Waals surface area contributed by atoms with E-state index in [-0.39, 0.29) is 0 Å². The summed E-state index contributed by atoms with van der Waals surface area (Å²) in [5.74, 6) is 1.21. The van der Waals surface area contributed by atoms with Gasteiger partial charge in [0.15, 0.2) is 5.75 Å². The van der Waals surface area contributed by atoms with Crippen LogP contribution in [0, 0.1) is 17.2 Å². The number of hydrogen-bond acceptors (Lipinski definition) is 3. The summed E-state index contributed by atoms with van der Waals surface area (Å²) >= 11 is 0. The van der Waals surface area contributed by atoms with Crippen molar-refractivity contribution in [1.82, 2.24) is 0 Å². The van der Waals surface area contributed by atoms with E-state index in [0.717, 1.165) is 5.69 Å². The summed E-state index contributed by atoms with van der Waals surface area (Å²) in [6.45, 7) is 4.93. The van der Waals surface area contributed by atoms with E-state index in [1.807, 2.05) is 12.1 Å². The smallest absolute Gasteiger partial charge is 0.160 e. The van der Waals surface area contributed by atoms with Crippen LogP contribution in [0.1, 0.15) is 19.4 Å². The van der Waals surface area contributed by atoms with Crippen LogP contribution in [0.25, 0.3) is 0 Å². The van der Waals surface area contributed by atoms with Crippen LogP contribution in [0.3, 0.4) is 0 Å². The SMILES string of the molecule is CC(C)C1COc2c(C#N)cccc2N1. The minimum atomic E-state index is 0.325. The first kappa shape index (κ1) is 9.85. The summed E-state index contributed by atoms with van der Waals surface area (Å²) in [4.78, 5) is 0.